The first-order valence-electron chi connectivity index (χ1n) is 5.00. The molecule has 1 aromatic rings. The van der Waals surface area contributed by atoms with E-state index in [9.17, 15) is 4.79 Å². The van der Waals surface area contributed by atoms with E-state index in [2.05, 4.69) is 36.6 Å². The van der Waals surface area contributed by atoms with Crippen molar-refractivity contribution in [1.29, 1.82) is 0 Å². The maximum absolute atomic E-state index is 11.3. The Morgan fingerprint density at radius 1 is 1.53 bits per heavy atom. The van der Waals surface area contributed by atoms with Crippen molar-refractivity contribution in [2.45, 2.75) is 19.9 Å². The molecule has 0 saturated carbocycles. The van der Waals surface area contributed by atoms with Crippen LogP contribution in [0.3, 0.4) is 0 Å². The largest absolute Gasteiger partial charge is 0.368 e. The zero-order valence-electron chi connectivity index (χ0n) is 9.57. The molecule has 17 heavy (non-hydrogen) atoms. The topological polar surface area (TPSA) is 119 Å². The van der Waals surface area contributed by atoms with Gasteiger partial charge >= 0.3 is 0 Å². The Labute approximate surface area is 107 Å². The SMILES string of the molecule is CC(C)C(Nc1nc(NN)ncc1Br)C(N)=O. The molecular formula is C9H15BrN6O. The van der Waals surface area contributed by atoms with Gasteiger partial charge in [-0.3, -0.25) is 10.2 Å². The van der Waals surface area contributed by atoms with Gasteiger partial charge in [0.25, 0.3) is 0 Å². The molecule has 1 atom stereocenters. The molecule has 1 unspecified atom stereocenters. The summed E-state index contributed by atoms with van der Waals surface area (Å²) in [6, 6.07) is -0.508. The predicted molar refractivity (Wildman–Crippen MR) is 69.0 cm³/mol. The van der Waals surface area contributed by atoms with E-state index >= 15 is 0 Å². The molecule has 0 aliphatic heterocycles. The molecule has 1 amide bonds. The van der Waals surface area contributed by atoms with E-state index < -0.39 is 11.9 Å². The van der Waals surface area contributed by atoms with Crippen LogP contribution in [0.5, 0.6) is 0 Å². The van der Waals surface area contributed by atoms with Gasteiger partial charge in [0.2, 0.25) is 11.9 Å². The summed E-state index contributed by atoms with van der Waals surface area (Å²) >= 11 is 3.28. The van der Waals surface area contributed by atoms with Crippen molar-refractivity contribution in [3.8, 4) is 0 Å². The van der Waals surface area contributed by atoms with Crippen LogP contribution in [0.25, 0.3) is 0 Å². The van der Waals surface area contributed by atoms with Crippen molar-refractivity contribution < 1.29 is 4.79 Å². The third-order valence-electron chi connectivity index (χ3n) is 2.14. The molecule has 7 nitrogen and oxygen atoms in total. The fourth-order valence-corrected chi connectivity index (χ4v) is 1.56. The highest BCUT2D eigenvalue weighted by Crippen LogP contribution is 2.21. The van der Waals surface area contributed by atoms with Crippen LogP contribution in [0.15, 0.2) is 10.7 Å². The number of rotatable bonds is 5. The Morgan fingerprint density at radius 3 is 2.65 bits per heavy atom. The van der Waals surface area contributed by atoms with Gasteiger partial charge in [0.05, 0.1) is 4.47 Å². The van der Waals surface area contributed by atoms with Gasteiger partial charge in [-0.25, -0.2) is 10.8 Å². The van der Waals surface area contributed by atoms with Gasteiger partial charge < -0.3 is 11.1 Å². The van der Waals surface area contributed by atoms with Crippen LogP contribution in [0.4, 0.5) is 11.8 Å². The average Bonchev–Trinajstić information content (AvgIpc) is 2.27. The Hall–Kier alpha value is -1.41. The molecule has 1 heterocycles. The van der Waals surface area contributed by atoms with E-state index in [0.717, 1.165) is 0 Å². The lowest BCUT2D eigenvalue weighted by molar-refractivity contribution is -0.119. The third-order valence-corrected chi connectivity index (χ3v) is 2.72. The van der Waals surface area contributed by atoms with E-state index in [-0.39, 0.29) is 11.9 Å². The van der Waals surface area contributed by atoms with E-state index in [1.54, 1.807) is 0 Å². The molecule has 0 bridgehead atoms. The minimum absolute atomic E-state index is 0.0450. The number of carbonyl (C=O) groups is 1. The summed E-state index contributed by atoms with van der Waals surface area (Å²) in [7, 11) is 0. The molecule has 1 aromatic heterocycles. The lowest BCUT2D eigenvalue weighted by atomic mass is 10.0. The summed E-state index contributed by atoms with van der Waals surface area (Å²) in [5, 5.41) is 2.95. The summed E-state index contributed by atoms with van der Waals surface area (Å²) in [5.74, 6) is 5.53. The number of anilines is 2. The van der Waals surface area contributed by atoms with E-state index in [1.807, 2.05) is 13.8 Å². The fraction of sp³-hybridized carbons (Fsp3) is 0.444. The Kier molecular flexibility index (Phi) is 4.64. The van der Waals surface area contributed by atoms with Crippen molar-refractivity contribution in [1.82, 2.24) is 9.97 Å². The number of nitrogens with two attached hydrogens (primary N) is 2. The number of carbonyl (C=O) groups excluding carboxylic acids is 1. The quantitative estimate of drug-likeness (QED) is 0.463. The number of nitrogens with zero attached hydrogens (tertiary/aromatic N) is 2. The zero-order chi connectivity index (χ0) is 13.0. The van der Waals surface area contributed by atoms with Crippen molar-refractivity contribution >= 4 is 33.6 Å². The van der Waals surface area contributed by atoms with Crippen LogP contribution in [0.1, 0.15) is 13.8 Å². The second kappa shape index (κ2) is 5.78. The van der Waals surface area contributed by atoms with Crippen molar-refractivity contribution in [2.24, 2.45) is 17.5 Å². The minimum atomic E-state index is -0.508. The number of primary amides is 1. The second-order valence-corrected chi connectivity index (χ2v) is 4.66. The standard InChI is InChI=1S/C9H15BrN6O/c1-4(2)6(7(11)17)14-8-5(10)3-13-9(15-8)16-12/h3-4,6H,12H2,1-2H3,(H2,11,17)(H2,13,14,15,16). The molecular weight excluding hydrogens is 288 g/mol. The highest BCUT2D eigenvalue weighted by atomic mass is 79.9. The van der Waals surface area contributed by atoms with Crippen molar-refractivity contribution in [2.75, 3.05) is 10.7 Å². The van der Waals surface area contributed by atoms with E-state index in [1.165, 1.54) is 6.20 Å². The van der Waals surface area contributed by atoms with Gasteiger partial charge in [-0.15, -0.1) is 0 Å². The maximum Gasteiger partial charge on any atom is 0.240 e. The Bertz CT molecular complexity index is 410. The number of halogens is 1. The molecule has 1 rings (SSSR count). The van der Waals surface area contributed by atoms with Gasteiger partial charge in [-0.05, 0) is 21.8 Å². The summed E-state index contributed by atoms with van der Waals surface area (Å²) < 4.78 is 0.628. The first-order chi connectivity index (χ1) is 7.95. The molecule has 6 N–H and O–H groups in total. The summed E-state index contributed by atoms with van der Waals surface area (Å²) in [5.41, 5.74) is 7.63. The first kappa shape index (κ1) is 13.7. The van der Waals surface area contributed by atoms with Crippen LogP contribution in [-0.2, 0) is 4.79 Å². The van der Waals surface area contributed by atoms with Crippen LogP contribution >= 0.6 is 15.9 Å². The van der Waals surface area contributed by atoms with Gasteiger partial charge in [-0.2, -0.15) is 4.98 Å². The number of hydrogen-bond donors (Lipinski definition) is 4. The smallest absolute Gasteiger partial charge is 0.240 e. The molecule has 0 aliphatic carbocycles. The Morgan fingerprint density at radius 2 is 2.18 bits per heavy atom. The molecule has 0 radical (unpaired) electrons. The van der Waals surface area contributed by atoms with Crippen LogP contribution < -0.4 is 22.3 Å². The third kappa shape index (κ3) is 3.53. The van der Waals surface area contributed by atoms with Crippen LogP contribution in [-0.4, -0.2) is 21.9 Å². The normalized spacial score (nSPS) is 12.3. The molecule has 0 aromatic carbocycles. The number of amides is 1. The predicted octanol–water partition coefficient (Wildman–Crippen LogP) is 0.446. The molecule has 8 heteroatoms. The van der Waals surface area contributed by atoms with Crippen LogP contribution in [0.2, 0.25) is 0 Å². The number of hydrogen-bond acceptors (Lipinski definition) is 6. The highest BCUT2D eigenvalue weighted by molar-refractivity contribution is 9.10. The summed E-state index contributed by atoms with van der Waals surface area (Å²) in [6.07, 6.45) is 1.53. The summed E-state index contributed by atoms with van der Waals surface area (Å²) in [4.78, 5) is 19.3. The first-order valence-corrected chi connectivity index (χ1v) is 5.80. The van der Waals surface area contributed by atoms with Crippen LogP contribution in [0, 0.1) is 5.92 Å². The summed E-state index contributed by atoms with van der Waals surface area (Å²) in [6.45, 7) is 3.78. The molecule has 0 fully saturated rings. The average molecular weight is 303 g/mol. The lowest BCUT2D eigenvalue weighted by Crippen LogP contribution is -2.40. The molecule has 0 spiro atoms. The van der Waals surface area contributed by atoms with Crippen molar-refractivity contribution in [3.63, 3.8) is 0 Å². The van der Waals surface area contributed by atoms with E-state index in [0.29, 0.717) is 10.3 Å². The number of nitrogen functional groups attached to an aromatic ring is 1. The molecule has 0 aliphatic rings. The Balaban J connectivity index is 2.96. The fourth-order valence-electron chi connectivity index (χ4n) is 1.25. The van der Waals surface area contributed by atoms with Crippen molar-refractivity contribution in [3.05, 3.63) is 10.7 Å². The molecule has 0 saturated heterocycles. The van der Waals surface area contributed by atoms with Gasteiger partial charge in [0.15, 0.2) is 0 Å². The monoisotopic (exact) mass is 302 g/mol. The number of aromatic nitrogens is 2. The highest BCUT2D eigenvalue weighted by Gasteiger charge is 2.20. The second-order valence-electron chi connectivity index (χ2n) is 3.80. The minimum Gasteiger partial charge on any atom is -0.368 e. The maximum atomic E-state index is 11.3. The zero-order valence-corrected chi connectivity index (χ0v) is 11.2. The number of hydrazine groups is 1. The molecule has 94 valence electrons. The van der Waals surface area contributed by atoms with E-state index in [4.69, 9.17) is 11.6 Å². The lowest BCUT2D eigenvalue weighted by Gasteiger charge is -2.20. The number of nitrogens with one attached hydrogen (secondary N) is 2. The van der Waals surface area contributed by atoms with Gasteiger partial charge in [0, 0.05) is 6.20 Å². The van der Waals surface area contributed by atoms with Gasteiger partial charge in [-0.1, -0.05) is 13.8 Å². The van der Waals surface area contributed by atoms with Gasteiger partial charge in [0.1, 0.15) is 11.9 Å².